The molecule has 0 aliphatic carbocycles. The first-order valence-electron chi connectivity index (χ1n) is 5.59. The molecule has 0 atom stereocenters. The highest BCUT2D eigenvalue weighted by Gasteiger charge is 2.15. The highest BCUT2D eigenvalue weighted by molar-refractivity contribution is 6.18. The van der Waals surface area contributed by atoms with E-state index < -0.39 is 6.03 Å². The predicted octanol–water partition coefficient (Wildman–Crippen LogP) is 3.11. The quantitative estimate of drug-likeness (QED) is 0.828. The van der Waals surface area contributed by atoms with Gasteiger partial charge in [0.25, 0.3) is 0 Å². The lowest BCUT2D eigenvalue weighted by atomic mass is 9.87. The van der Waals surface area contributed by atoms with E-state index in [9.17, 15) is 4.79 Å². The smallest absolute Gasteiger partial charge is 0.319 e. The Morgan fingerprint density at radius 3 is 2.18 bits per heavy atom. The summed E-state index contributed by atoms with van der Waals surface area (Å²) >= 11 is 5.64. The Bertz CT molecular complexity index is 381. The number of nitrogens with zero attached hydrogens (tertiary/aromatic N) is 1. The number of amides is 2. The van der Waals surface area contributed by atoms with Crippen molar-refractivity contribution >= 4 is 23.3 Å². The summed E-state index contributed by atoms with van der Waals surface area (Å²) in [5.74, 6) is 0.365. The van der Waals surface area contributed by atoms with Crippen LogP contribution in [0.4, 0.5) is 10.5 Å². The molecular weight excluding hydrogens is 236 g/mol. The molecule has 4 heteroatoms. The number of alkyl halides is 1. The van der Waals surface area contributed by atoms with E-state index >= 15 is 0 Å². The number of urea groups is 1. The molecule has 1 aromatic rings. The number of rotatable bonds is 3. The fourth-order valence-corrected chi connectivity index (χ4v) is 1.76. The van der Waals surface area contributed by atoms with Gasteiger partial charge in [0.05, 0.1) is 0 Å². The summed E-state index contributed by atoms with van der Waals surface area (Å²) < 4.78 is 0. The molecule has 1 aromatic carbocycles. The molecule has 17 heavy (non-hydrogen) atoms. The van der Waals surface area contributed by atoms with E-state index in [-0.39, 0.29) is 5.41 Å². The molecule has 0 spiro atoms. The zero-order chi connectivity index (χ0) is 13.1. The van der Waals surface area contributed by atoms with E-state index in [1.54, 1.807) is 0 Å². The van der Waals surface area contributed by atoms with Crippen molar-refractivity contribution in [3.05, 3.63) is 29.8 Å². The van der Waals surface area contributed by atoms with Crippen LogP contribution in [-0.4, -0.2) is 18.5 Å². The van der Waals surface area contributed by atoms with Gasteiger partial charge in [0.1, 0.15) is 0 Å². The summed E-state index contributed by atoms with van der Waals surface area (Å²) in [6.45, 7) is 6.86. The van der Waals surface area contributed by atoms with Gasteiger partial charge in [0, 0.05) is 18.1 Å². The summed E-state index contributed by atoms with van der Waals surface area (Å²) in [5.41, 5.74) is 7.41. The summed E-state index contributed by atoms with van der Waals surface area (Å²) in [7, 11) is 0. The molecule has 0 radical (unpaired) electrons. The molecule has 0 aliphatic rings. The second-order valence-electron chi connectivity index (χ2n) is 4.98. The number of benzene rings is 1. The van der Waals surface area contributed by atoms with Gasteiger partial charge in [-0.05, 0) is 23.1 Å². The molecule has 0 aliphatic heterocycles. The van der Waals surface area contributed by atoms with E-state index in [1.807, 2.05) is 24.3 Å². The highest BCUT2D eigenvalue weighted by atomic mass is 35.5. The van der Waals surface area contributed by atoms with Gasteiger partial charge in [-0.2, -0.15) is 0 Å². The third-order valence-electron chi connectivity index (χ3n) is 2.62. The Hall–Kier alpha value is -1.22. The van der Waals surface area contributed by atoms with Crippen LogP contribution in [0.2, 0.25) is 0 Å². The lowest BCUT2D eigenvalue weighted by molar-refractivity contribution is 0.254. The Kier molecular flexibility index (Phi) is 4.40. The van der Waals surface area contributed by atoms with Gasteiger partial charge in [0.15, 0.2) is 0 Å². The van der Waals surface area contributed by atoms with Gasteiger partial charge in [-0.3, -0.25) is 4.90 Å². The van der Waals surface area contributed by atoms with Crippen LogP contribution < -0.4 is 10.6 Å². The molecule has 0 saturated heterocycles. The minimum Gasteiger partial charge on any atom is -0.351 e. The van der Waals surface area contributed by atoms with E-state index in [0.717, 1.165) is 5.69 Å². The van der Waals surface area contributed by atoms with Crippen molar-refractivity contribution in [3.63, 3.8) is 0 Å². The number of hydrogen-bond donors (Lipinski definition) is 1. The van der Waals surface area contributed by atoms with Gasteiger partial charge in [-0.25, -0.2) is 4.79 Å². The molecule has 3 nitrogen and oxygen atoms in total. The van der Waals surface area contributed by atoms with Crippen molar-refractivity contribution in [2.24, 2.45) is 5.73 Å². The van der Waals surface area contributed by atoms with Gasteiger partial charge in [-0.1, -0.05) is 32.9 Å². The fourth-order valence-electron chi connectivity index (χ4n) is 1.59. The van der Waals surface area contributed by atoms with Crippen LogP contribution in [0.15, 0.2) is 24.3 Å². The lowest BCUT2D eigenvalue weighted by Gasteiger charge is -2.22. The van der Waals surface area contributed by atoms with Crippen molar-refractivity contribution < 1.29 is 4.79 Å². The van der Waals surface area contributed by atoms with Gasteiger partial charge in [0.2, 0.25) is 0 Å². The Morgan fingerprint density at radius 2 is 1.82 bits per heavy atom. The number of carbonyl (C=O) groups excluding carboxylic acids is 1. The summed E-state index contributed by atoms with van der Waals surface area (Å²) in [5, 5.41) is 0. The normalized spacial score (nSPS) is 11.3. The highest BCUT2D eigenvalue weighted by Crippen LogP contribution is 2.24. The molecule has 0 bridgehead atoms. The van der Waals surface area contributed by atoms with Crippen LogP contribution in [0.5, 0.6) is 0 Å². The van der Waals surface area contributed by atoms with Gasteiger partial charge >= 0.3 is 6.03 Å². The maximum absolute atomic E-state index is 11.3. The first kappa shape index (κ1) is 13.8. The maximum atomic E-state index is 11.3. The minimum atomic E-state index is -0.478. The molecule has 0 aromatic heterocycles. The first-order chi connectivity index (χ1) is 7.86. The molecule has 0 heterocycles. The van der Waals surface area contributed by atoms with E-state index in [0.29, 0.717) is 12.4 Å². The molecular formula is C13H19ClN2O. The van der Waals surface area contributed by atoms with Gasteiger partial charge < -0.3 is 5.73 Å². The van der Waals surface area contributed by atoms with Crippen molar-refractivity contribution in [2.45, 2.75) is 26.2 Å². The van der Waals surface area contributed by atoms with Crippen LogP contribution in [0.3, 0.4) is 0 Å². The summed E-state index contributed by atoms with van der Waals surface area (Å²) in [6.07, 6.45) is 0. The van der Waals surface area contributed by atoms with Crippen molar-refractivity contribution in [1.82, 2.24) is 0 Å². The largest absolute Gasteiger partial charge is 0.351 e. The van der Waals surface area contributed by atoms with Crippen LogP contribution in [0.25, 0.3) is 0 Å². The van der Waals surface area contributed by atoms with E-state index in [2.05, 4.69) is 20.8 Å². The first-order valence-corrected chi connectivity index (χ1v) is 6.13. The molecule has 0 unspecified atom stereocenters. The topological polar surface area (TPSA) is 46.3 Å². The third kappa shape index (κ3) is 3.63. The summed E-state index contributed by atoms with van der Waals surface area (Å²) in [6, 6.07) is 7.35. The van der Waals surface area contributed by atoms with Crippen molar-refractivity contribution in [3.8, 4) is 0 Å². The Balaban J connectivity index is 2.96. The Labute approximate surface area is 108 Å². The number of carbonyl (C=O) groups is 1. The van der Waals surface area contributed by atoms with Crippen LogP contribution in [0.1, 0.15) is 26.3 Å². The van der Waals surface area contributed by atoms with Crippen LogP contribution in [-0.2, 0) is 5.41 Å². The second kappa shape index (κ2) is 5.41. The standard InChI is InChI=1S/C13H19ClN2O/c1-13(2,3)10-4-6-11(7-5-10)16(9-8-14)12(15)17/h4-7H,8-9H2,1-3H3,(H2,15,17). The lowest BCUT2D eigenvalue weighted by Crippen LogP contribution is -2.37. The molecule has 0 fully saturated rings. The number of halogens is 1. The Morgan fingerprint density at radius 1 is 1.29 bits per heavy atom. The second-order valence-corrected chi connectivity index (χ2v) is 5.35. The molecule has 2 N–H and O–H groups in total. The van der Waals surface area contributed by atoms with E-state index in [1.165, 1.54) is 10.5 Å². The molecule has 0 saturated carbocycles. The van der Waals surface area contributed by atoms with Crippen molar-refractivity contribution in [1.29, 1.82) is 0 Å². The van der Waals surface area contributed by atoms with Crippen LogP contribution in [0, 0.1) is 0 Å². The molecule has 1 rings (SSSR count). The van der Waals surface area contributed by atoms with E-state index in [4.69, 9.17) is 17.3 Å². The van der Waals surface area contributed by atoms with Gasteiger partial charge in [-0.15, -0.1) is 11.6 Å². The SMILES string of the molecule is CC(C)(C)c1ccc(N(CCCl)C(N)=O)cc1. The predicted molar refractivity (Wildman–Crippen MR) is 72.8 cm³/mol. The number of primary amides is 1. The maximum Gasteiger partial charge on any atom is 0.319 e. The summed E-state index contributed by atoms with van der Waals surface area (Å²) in [4.78, 5) is 12.7. The number of hydrogen-bond acceptors (Lipinski definition) is 1. The third-order valence-corrected chi connectivity index (χ3v) is 2.79. The molecule has 2 amide bonds. The number of anilines is 1. The fraction of sp³-hybridized carbons (Fsp3) is 0.462. The van der Waals surface area contributed by atoms with Crippen molar-refractivity contribution in [2.75, 3.05) is 17.3 Å². The van der Waals surface area contributed by atoms with Crippen LogP contribution >= 0.6 is 11.6 Å². The minimum absolute atomic E-state index is 0.0998. The monoisotopic (exact) mass is 254 g/mol. The zero-order valence-electron chi connectivity index (χ0n) is 10.5. The average Bonchev–Trinajstić information content (AvgIpc) is 2.24. The average molecular weight is 255 g/mol. The zero-order valence-corrected chi connectivity index (χ0v) is 11.3. The molecule has 94 valence electrons. The number of nitrogens with two attached hydrogens (primary N) is 1.